The number of benzene rings is 1. The van der Waals surface area contributed by atoms with Gasteiger partial charge in [-0.25, -0.2) is 0 Å². The highest BCUT2D eigenvalue weighted by Gasteiger charge is 2.32. The molecule has 0 saturated carbocycles. The van der Waals surface area contributed by atoms with Crippen LogP contribution in [0.2, 0.25) is 0 Å². The summed E-state index contributed by atoms with van der Waals surface area (Å²) in [5.74, 6) is -1.17. The molecule has 1 atom stereocenters. The molecule has 2 N–H and O–H groups in total. The van der Waals surface area contributed by atoms with Crippen molar-refractivity contribution >= 4 is 17.6 Å². The van der Waals surface area contributed by atoms with E-state index in [0.29, 0.717) is 13.1 Å². The fourth-order valence-electron chi connectivity index (χ4n) is 2.40. The predicted octanol–water partition coefficient (Wildman–Crippen LogP) is 1.08. The maximum Gasteiger partial charge on any atom is 0.305 e. The Bertz CT molecular complexity index is 513. The van der Waals surface area contributed by atoms with Gasteiger partial charge in [0.25, 0.3) is 0 Å². The molecule has 5 heteroatoms. The van der Waals surface area contributed by atoms with Gasteiger partial charge in [-0.15, -0.1) is 0 Å². The molecule has 1 aliphatic rings. The number of nitrogens with zero attached hydrogens (tertiary/aromatic N) is 1. The van der Waals surface area contributed by atoms with Gasteiger partial charge >= 0.3 is 5.97 Å². The molecular formula is C14H18N2O3. The van der Waals surface area contributed by atoms with Crippen molar-refractivity contribution in [3.05, 3.63) is 29.3 Å². The summed E-state index contributed by atoms with van der Waals surface area (Å²) in [5.41, 5.74) is 3.09. The smallest absolute Gasteiger partial charge is 0.305 e. The van der Waals surface area contributed by atoms with Crippen molar-refractivity contribution in [3.63, 3.8) is 0 Å². The zero-order chi connectivity index (χ0) is 14.0. The number of carboxylic acids is 1. The van der Waals surface area contributed by atoms with Crippen molar-refractivity contribution in [2.45, 2.75) is 26.3 Å². The van der Waals surface area contributed by atoms with Gasteiger partial charge in [-0.3, -0.25) is 9.59 Å². The molecule has 1 fully saturated rings. The molecule has 0 spiro atoms. The highest BCUT2D eigenvalue weighted by Crippen LogP contribution is 2.25. The van der Waals surface area contributed by atoms with Crippen LogP contribution in [-0.4, -0.2) is 36.1 Å². The van der Waals surface area contributed by atoms with Crippen molar-refractivity contribution in [2.75, 3.05) is 18.0 Å². The van der Waals surface area contributed by atoms with Gasteiger partial charge in [0.1, 0.15) is 6.04 Å². The van der Waals surface area contributed by atoms with E-state index in [1.165, 1.54) is 0 Å². The van der Waals surface area contributed by atoms with Crippen LogP contribution >= 0.6 is 0 Å². The molecule has 2 rings (SSSR count). The number of carbonyl (C=O) groups is 2. The second-order valence-corrected chi connectivity index (χ2v) is 4.89. The largest absolute Gasteiger partial charge is 0.481 e. The number of rotatable bonds is 3. The third-order valence-electron chi connectivity index (χ3n) is 3.37. The summed E-state index contributed by atoms with van der Waals surface area (Å²) in [7, 11) is 0. The van der Waals surface area contributed by atoms with Crippen LogP contribution in [0.1, 0.15) is 17.5 Å². The average Bonchev–Trinajstić information content (AvgIpc) is 2.34. The summed E-state index contributed by atoms with van der Waals surface area (Å²) in [6.07, 6.45) is -0.181. The summed E-state index contributed by atoms with van der Waals surface area (Å²) < 4.78 is 0. The van der Waals surface area contributed by atoms with E-state index in [2.05, 4.69) is 5.32 Å². The summed E-state index contributed by atoms with van der Waals surface area (Å²) >= 11 is 0. The Balaban J connectivity index is 2.36. The first kappa shape index (κ1) is 13.4. The number of hydrogen-bond acceptors (Lipinski definition) is 3. The summed E-state index contributed by atoms with van der Waals surface area (Å²) in [4.78, 5) is 24.7. The maximum atomic E-state index is 11.9. The number of piperazine rings is 1. The van der Waals surface area contributed by atoms with Crippen LogP contribution in [0.5, 0.6) is 0 Å². The summed E-state index contributed by atoms with van der Waals surface area (Å²) in [5, 5.41) is 11.7. The van der Waals surface area contributed by atoms with Crippen LogP contribution in [-0.2, 0) is 9.59 Å². The zero-order valence-corrected chi connectivity index (χ0v) is 11.1. The Labute approximate surface area is 112 Å². The second kappa shape index (κ2) is 5.30. The molecule has 102 valence electrons. The maximum absolute atomic E-state index is 11.9. The van der Waals surface area contributed by atoms with E-state index >= 15 is 0 Å². The van der Waals surface area contributed by atoms with Crippen molar-refractivity contribution in [1.29, 1.82) is 0 Å². The van der Waals surface area contributed by atoms with E-state index in [0.717, 1.165) is 16.8 Å². The fourth-order valence-corrected chi connectivity index (χ4v) is 2.40. The number of carbonyl (C=O) groups excluding carboxylic acids is 1. The Morgan fingerprint density at radius 1 is 1.47 bits per heavy atom. The Hall–Kier alpha value is -2.04. The Morgan fingerprint density at radius 3 is 2.89 bits per heavy atom. The average molecular weight is 262 g/mol. The molecule has 1 heterocycles. The minimum atomic E-state index is -0.961. The highest BCUT2D eigenvalue weighted by molar-refractivity contribution is 5.90. The molecule has 0 bridgehead atoms. The van der Waals surface area contributed by atoms with E-state index in [1.807, 2.05) is 36.9 Å². The first-order valence-corrected chi connectivity index (χ1v) is 6.32. The molecule has 1 aromatic rings. The molecule has 0 aliphatic carbocycles. The van der Waals surface area contributed by atoms with Crippen LogP contribution in [0, 0.1) is 13.8 Å². The quantitative estimate of drug-likeness (QED) is 0.855. The van der Waals surface area contributed by atoms with Gasteiger partial charge in [-0.2, -0.15) is 0 Å². The second-order valence-electron chi connectivity index (χ2n) is 4.89. The molecule has 1 amide bonds. The summed E-state index contributed by atoms with van der Waals surface area (Å²) in [6.45, 7) is 5.13. The van der Waals surface area contributed by atoms with Crippen LogP contribution < -0.4 is 10.2 Å². The van der Waals surface area contributed by atoms with E-state index in [9.17, 15) is 9.59 Å². The number of aliphatic carboxylic acids is 1. The summed E-state index contributed by atoms with van der Waals surface area (Å²) in [6, 6.07) is 5.37. The lowest BCUT2D eigenvalue weighted by Gasteiger charge is -2.37. The third-order valence-corrected chi connectivity index (χ3v) is 3.37. The molecule has 1 unspecified atom stereocenters. The minimum Gasteiger partial charge on any atom is -0.481 e. The van der Waals surface area contributed by atoms with Crippen LogP contribution in [0.15, 0.2) is 18.2 Å². The molecule has 1 aromatic carbocycles. The van der Waals surface area contributed by atoms with Gasteiger partial charge in [0.2, 0.25) is 5.91 Å². The first-order chi connectivity index (χ1) is 8.99. The van der Waals surface area contributed by atoms with Gasteiger partial charge in [0.05, 0.1) is 6.42 Å². The Morgan fingerprint density at radius 2 is 2.21 bits per heavy atom. The van der Waals surface area contributed by atoms with Crippen molar-refractivity contribution in [1.82, 2.24) is 5.32 Å². The standard InChI is InChI=1S/C14H18N2O3/c1-9-3-4-10(2)11(7-9)16-6-5-15-14(19)12(16)8-13(17)18/h3-4,7,12H,5-6,8H2,1-2H3,(H,15,19)(H,17,18). The number of carboxylic acid groups (broad SMARTS) is 1. The first-order valence-electron chi connectivity index (χ1n) is 6.32. The van der Waals surface area contributed by atoms with Crippen LogP contribution in [0.25, 0.3) is 0 Å². The molecular weight excluding hydrogens is 244 g/mol. The zero-order valence-electron chi connectivity index (χ0n) is 11.1. The number of amides is 1. The lowest BCUT2D eigenvalue weighted by atomic mass is 10.0. The lowest BCUT2D eigenvalue weighted by Crippen LogP contribution is -2.56. The molecule has 0 radical (unpaired) electrons. The number of anilines is 1. The highest BCUT2D eigenvalue weighted by atomic mass is 16.4. The molecule has 1 aliphatic heterocycles. The third kappa shape index (κ3) is 2.86. The molecule has 0 aromatic heterocycles. The van der Waals surface area contributed by atoms with Gasteiger partial charge in [0, 0.05) is 18.8 Å². The SMILES string of the molecule is Cc1ccc(C)c(N2CCNC(=O)C2CC(=O)O)c1. The van der Waals surface area contributed by atoms with E-state index in [4.69, 9.17) is 5.11 Å². The van der Waals surface area contributed by atoms with Crippen molar-refractivity contribution in [3.8, 4) is 0 Å². The monoisotopic (exact) mass is 262 g/mol. The predicted molar refractivity (Wildman–Crippen MR) is 72.3 cm³/mol. The van der Waals surface area contributed by atoms with Crippen molar-refractivity contribution < 1.29 is 14.7 Å². The number of aryl methyl sites for hydroxylation is 2. The fraction of sp³-hybridized carbons (Fsp3) is 0.429. The van der Waals surface area contributed by atoms with Crippen LogP contribution in [0.3, 0.4) is 0 Å². The normalized spacial score (nSPS) is 19.2. The Kier molecular flexibility index (Phi) is 3.74. The lowest BCUT2D eigenvalue weighted by molar-refractivity contribution is -0.139. The molecule has 5 nitrogen and oxygen atoms in total. The number of hydrogen-bond donors (Lipinski definition) is 2. The number of nitrogens with one attached hydrogen (secondary N) is 1. The topological polar surface area (TPSA) is 69.6 Å². The van der Waals surface area contributed by atoms with Gasteiger partial charge in [0.15, 0.2) is 0 Å². The van der Waals surface area contributed by atoms with E-state index in [-0.39, 0.29) is 12.3 Å². The van der Waals surface area contributed by atoms with Gasteiger partial charge in [-0.05, 0) is 31.0 Å². The van der Waals surface area contributed by atoms with E-state index < -0.39 is 12.0 Å². The van der Waals surface area contributed by atoms with Crippen LogP contribution in [0.4, 0.5) is 5.69 Å². The minimum absolute atomic E-state index is 0.181. The van der Waals surface area contributed by atoms with E-state index in [1.54, 1.807) is 0 Å². The van der Waals surface area contributed by atoms with Gasteiger partial charge < -0.3 is 15.3 Å². The molecule has 1 saturated heterocycles. The van der Waals surface area contributed by atoms with Gasteiger partial charge in [-0.1, -0.05) is 12.1 Å². The molecule has 19 heavy (non-hydrogen) atoms. The van der Waals surface area contributed by atoms with Crippen molar-refractivity contribution in [2.24, 2.45) is 0 Å².